The minimum absolute atomic E-state index is 0.120. The minimum Gasteiger partial charge on any atom is -0.497 e. The topological polar surface area (TPSA) is 114 Å². The molecule has 4 rings (SSSR count). The highest BCUT2D eigenvalue weighted by Gasteiger charge is 2.12. The SMILES string of the molecule is COc1ccc(-c2n[nH]c(CNC(=O)CCn3c(-c4cccc(C)c4)n[nH]c3=S)n2)cc1. The molecule has 2 aromatic heterocycles. The predicted octanol–water partition coefficient (Wildman–Crippen LogP) is 3.42. The van der Waals surface area contributed by atoms with Crippen molar-refractivity contribution in [1.82, 2.24) is 35.3 Å². The molecule has 2 heterocycles. The van der Waals surface area contributed by atoms with Crippen LogP contribution in [-0.2, 0) is 17.9 Å². The maximum atomic E-state index is 12.4. The van der Waals surface area contributed by atoms with E-state index in [1.54, 1.807) is 7.11 Å². The number of rotatable bonds is 8. The van der Waals surface area contributed by atoms with Crippen LogP contribution in [0, 0.1) is 11.7 Å². The molecule has 2 aromatic carbocycles. The first kappa shape index (κ1) is 21.4. The van der Waals surface area contributed by atoms with Gasteiger partial charge >= 0.3 is 0 Å². The van der Waals surface area contributed by atoms with E-state index in [1.807, 2.05) is 60.0 Å². The molecule has 0 aliphatic rings. The van der Waals surface area contributed by atoms with Crippen molar-refractivity contribution in [2.24, 2.45) is 0 Å². The second-order valence-corrected chi connectivity index (χ2v) is 7.62. The van der Waals surface area contributed by atoms with Crippen molar-refractivity contribution in [3.8, 4) is 28.5 Å². The lowest BCUT2D eigenvalue weighted by molar-refractivity contribution is -0.121. The van der Waals surface area contributed by atoms with Gasteiger partial charge in [0.2, 0.25) is 5.91 Å². The number of benzene rings is 2. The van der Waals surface area contributed by atoms with Gasteiger partial charge in [0.25, 0.3) is 0 Å². The molecule has 0 atom stereocenters. The molecule has 0 bridgehead atoms. The quantitative estimate of drug-likeness (QED) is 0.355. The zero-order valence-corrected chi connectivity index (χ0v) is 18.6. The molecule has 32 heavy (non-hydrogen) atoms. The molecule has 164 valence electrons. The molecule has 0 unspecified atom stereocenters. The minimum atomic E-state index is -0.120. The van der Waals surface area contributed by atoms with Gasteiger partial charge in [0.1, 0.15) is 11.6 Å². The maximum absolute atomic E-state index is 12.4. The highest BCUT2D eigenvalue weighted by atomic mass is 32.1. The van der Waals surface area contributed by atoms with E-state index in [1.165, 1.54) is 0 Å². The summed E-state index contributed by atoms with van der Waals surface area (Å²) in [6.45, 7) is 2.69. The van der Waals surface area contributed by atoms with Crippen molar-refractivity contribution in [2.45, 2.75) is 26.4 Å². The lowest BCUT2D eigenvalue weighted by Crippen LogP contribution is -2.24. The number of carbonyl (C=O) groups is 1. The fraction of sp³-hybridized carbons (Fsp3) is 0.227. The number of methoxy groups -OCH3 is 1. The number of H-pyrrole nitrogens is 2. The van der Waals surface area contributed by atoms with Gasteiger partial charge in [0, 0.05) is 24.1 Å². The first-order valence-corrected chi connectivity index (χ1v) is 10.5. The van der Waals surface area contributed by atoms with Crippen molar-refractivity contribution in [2.75, 3.05) is 7.11 Å². The number of hydrogen-bond donors (Lipinski definition) is 3. The van der Waals surface area contributed by atoms with Crippen LogP contribution < -0.4 is 10.1 Å². The smallest absolute Gasteiger partial charge is 0.222 e. The van der Waals surface area contributed by atoms with E-state index in [0.29, 0.717) is 28.8 Å². The molecule has 0 aliphatic carbocycles. The van der Waals surface area contributed by atoms with Crippen LogP contribution in [0.5, 0.6) is 5.75 Å². The number of hydrogen-bond acceptors (Lipinski definition) is 6. The lowest BCUT2D eigenvalue weighted by atomic mass is 10.1. The van der Waals surface area contributed by atoms with Crippen LogP contribution in [0.1, 0.15) is 17.8 Å². The van der Waals surface area contributed by atoms with Gasteiger partial charge in [-0.1, -0.05) is 23.8 Å². The summed E-state index contributed by atoms with van der Waals surface area (Å²) in [7, 11) is 1.62. The van der Waals surface area contributed by atoms with Gasteiger partial charge in [-0.2, -0.15) is 10.2 Å². The highest BCUT2D eigenvalue weighted by molar-refractivity contribution is 7.71. The Kier molecular flexibility index (Phi) is 6.41. The van der Waals surface area contributed by atoms with E-state index in [9.17, 15) is 4.79 Å². The maximum Gasteiger partial charge on any atom is 0.222 e. The Morgan fingerprint density at radius 2 is 1.94 bits per heavy atom. The molecule has 0 spiro atoms. The standard InChI is InChI=1S/C22H23N7O2S/c1-14-4-3-5-16(12-14)21-27-28-22(32)29(21)11-10-19(30)23-13-18-24-20(26-25-18)15-6-8-17(31-2)9-7-15/h3-9,12H,10-11,13H2,1-2H3,(H,23,30)(H,28,32)(H,24,25,26). The van der Waals surface area contributed by atoms with E-state index < -0.39 is 0 Å². The second-order valence-electron chi connectivity index (χ2n) is 7.23. The Hall–Kier alpha value is -3.79. The van der Waals surface area contributed by atoms with Crippen LogP contribution in [0.2, 0.25) is 0 Å². The van der Waals surface area contributed by atoms with Crippen LogP contribution in [0.15, 0.2) is 48.5 Å². The summed E-state index contributed by atoms with van der Waals surface area (Å²) >= 11 is 5.35. The largest absolute Gasteiger partial charge is 0.497 e. The van der Waals surface area contributed by atoms with Gasteiger partial charge in [-0.15, -0.1) is 0 Å². The average Bonchev–Trinajstić information content (AvgIpc) is 3.43. The normalized spacial score (nSPS) is 10.8. The number of nitrogens with zero attached hydrogens (tertiary/aromatic N) is 4. The van der Waals surface area contributed by atoms with Crippen LogP contribution in [0.25, 0.3) is 22.8 Å². The Bertz CT molecular complexity index is 1270. The highest BCUT2D eigenvalue weighted by Crippen LogP contribution is 2.20. The van der Waals surface area contributed by atoms with Gasteiger partial charge < -0.3 is 10.1 Å². The molecule has 1 amide bonds. The molecule has 4 aromatic rings. The Morgan fingerprint density at radius 1 is 1.12 bits per heavy atom. The summed E-state index contributed by atoms with van der Waals surface area (Å²) in [4.78, 5) is 16.8. The number of aryl methyl sites for hydroxylation is 1. The average molecular weight is 450 g/mol. The number of aromatic nitrogens is 6. The van der Waals surface area contributed by atoms with Crippen LogP contribution >= 0.6 is 12.2 Å². The summed E-state index contributed by atoms with van der Waals surface area (Å²) in [5.41, 5.74) is 2.94. The molecular formula is C22H23N7O2S. The third-order valence-electron chi connectivity index (χ3n) is 4.93. The molecule has 0 aliphatic heterocycles. The molecule has 0 fully saturated rings. The Labute approximate surface area is 189 Å². The fourth-order valence-corrected chi connectivity index (χ4v) is 3.48. The van der Waals surface area contributed by atoms with Gasteiger partial charge in [-0.3, -0.25) is 19.6 Å². The number of ether oxygens (including phenoxy) is 1. The zero-order valence-electron chi connectivity index (χ0n) is 17.8. The summed E-state index contributed by atoms with van der Waals surface area (Å²) in [6.07, 6.45) is 0.256. The van der Waals surface area contributed by atoms with E-state index in [2.05, 4.69) is 30.7 Å². The summed E-state index contributed by atoms with van der Waals surface area (Å²) < 4.78 is 7.47. The third-order valence-corrected chi connectivity index (χ3v) is 5.24. The van der Waals surface area contributed by atoms with E-state index in [0.717, 1.165) is 22.4 Å². The van der Waals surface area contributed by atoms with Crippen molar-refractivity contribution in [3.63, 3.8) is 0 Å². The molecule has 0 radical (unpaired) electrons. The molecular weight excluding hydrogens is 426 g/mol. The van der Waals surface area contributed by atoms with Crippen LogP contribution in [0.4, 0.5) is 0 Å². The number of carbonyl (C=O) groups excluding carboxylic acids is 1. The van der Waals surface area contributed by atoms with Gasteiger partial charge in [-0.05, 0) is 49.5 Å². The number of nitrogens with one attached hydrogen (secondary N) is 3. The molecule has 3 N–H and O–H groups in total. The molecule has 0 saturated carbocycles. The van der Waals surface area contributed by atoms with E-state index >= 15 is 0 Å². The molecule has 9 nitrogen and oxygen atoms in total. The lowest BCUT2D eigenvalue weighted by Gasteiger charge is -2.08. The van der Waals surface area contributed by atoms with Crippen molar-refractivity contribution in [3.05, 3.63) is 64.7 Å². The summed E-state index contributed by atoms with van der Waals surface area (Å²) in [6, 6.07) is 15.4. The predicted molar refractivity (Wildman–Crippen MR) is 122 cm³/mol. The van der Waals surface area contributed by atoms with Crippen LogP contribution in [0.3, 0.4) is 0 Å². The fourth-order valence-electron chi connectivity index (χ4n) is 3.26. The Morgan fingerprint density at radius 3 is 2.69 bits per heavy atom. The zero-order chi connectivity index (χ0) is 22.5. The van der Waals surface area contributed by atoms with Gasteiger partial charge in [0.15, 0.2) is 16.4 Å². The van der Waals surface area contributed by atoms with Crippen molar-refractivity contribution >= 4 is 18.1 Å². The van der Waals surface area contributed by atoms with Crippen LogP contribution in [-0.4, -0.2) is 43.0 Å². The molecule has 0 saturated heterocycles. The number of amides is 1. The number of aromatic amines is 2. The third kappa shape index (κ3) is 4.92. The summed E-state index contributed by atoms with van der Waals surface area (Å²) in [5, 5.41) is 17.1. The molecule has 10 heteroatoms. The first-order chi connectivity index (χ1) is 15.5. The van der Waals surface area contributed by atoms with Gasteiger partial charge in [0.05, 0.1) is 13.7 Å². The summed E-state index contributed by atoms with van der Waals surface area (Å²) in [5.74, 6) is 2.49. The van der Waals surface area contributed by atoms with Crippen molar-refractivity contribution < 1.29 is 9.53 Å². The Balaban J connectivity index is 1.34. The van der Waals surface area contributed by atoms with E-state index in [-0.39, 0.29) is 18.9 Å². The second kappa shape index (κ2) is 9.56. The van der Waals surface area contributed by atoms with Gasteiger partial charge in [-0.25, -0.2) is 4.98 Å². The van der Waals surface area contributed by atoms with Crippen molar-refractivity contribution in [1.29, 1.82) is 0 Å². The first-order valence-electron chi connectivity index (χ1n) is 10.1. The van der Waals surface area contributed by atoms with E-state index in [4.69, 9.17) is 17.0 Å². The monoisotopic (exact) mass is 449 g/mol.